The molecule has 3 aromatic carbocycles. The molecule has 0 atom stereocenters. The van der Waals surface area contributed by atoms with Gasteiger partial charge in [0.15, 0.2) is 0 Å². The highest BCUT2D eigenvalue weighted by Gasteiger charge is 2.12. The van der Waals surface area contributed by atoms with Crippen LogP contribution in [0, 0.1) is 0 Å². The fourth-order valence-electron chi connectivity index (χ4n) is 3.80. The van der Waals surface area contributed by atoms with E-state index in [4.69, 9.17) is 14.8 Å². The van der Waals surface area contributed by atoms with Gasteiger partial charge < -0.3 is 14.4 Å². The van der Waals surface area contributed by atoms with E-state index in [1.165, 1.54) is 5.56 Å². The predicted molar refractivity (Wildman–Crippen MR) is 132 cm³/mol. The van der Waals surface area contributed by atoms with Crippen molar-refractivity contribution >= 4 is 23.1 Å². The molecule has 0 radical (unpaired) electrons. The summed E-state index contributed by atoms with van der Waals surface area (Å²) in [7, 11) is 0. The standard InChI is InChI=1S/C28H28N2O3/c31-27(32)16-8-3-9-20-33-24-17-18-26-25(21-24)29-28(23-14-6-2-7-15-23)30(26)19-10-13-22-11-4-1-5-12-22/h1-2,4-7,10-15,17-18,21H,3,8-9,16,19-20H2,(H,31,32). The molecule has 33 heavy (non-hydrogen) atoms. The van der Waals surface area contributed by atoms with Gasteiger partial charge in [0, 0.05) is 24.6 Å². The minimum absolute atomic E-state index is 0.213. The molecule has 1 heterocycles. The SMILES string of the molecule is O=C(O)CCCCCOc1ccc2c(c1)nc(-c1ccccc1)n2CC=Cc1ccccc1. The molecule has 0 unspecified atom stereocenters. The van der Waals surface area contributed by atoms with Crippen LogP contribution in [0.15, 0.2) is 84.9 Å². The number of carbonyl (C=O) groups is 1. The Morgan fingerprint density at radius 2 is 1.70 bits per heavy atom. The maximum Gasteiger partial charge on any atom is 0.303 e. The van der Waals surface area contributed by atoms with Crippen LogP contribution in [0.2, 0.25) is 0 Å². The molecule has 0 saturated carbocycles. The summed E-state index contributed by atoms with van der Waals surface area (Å²) < 4.78 is 8.13. The first kappa shape index (κ1) is 22.3. The summed E-state index contributed by atoms with van der Waals surface area (Å²) in [6.07, 6.45) is 6.85. The molecule has 1 aromatic heterocycles. The van der Waals surface area contributed by atoms with E-state index in [9.17, 15) is 4.79 Å². The molecule has 0 aliphatic carbocycles. The van der Waals surface area contributed by atoms with Crippen LogP contribution in [0.25, 0.3) is 28.5 Å². The Morgan fingerprint density at radius 3 is 2.45 bits per heavy atom. The number of aromatic nitrogens is 2. The van der Waals surface area contributed by atoms with Gasteiger partial charge in [-0.05, 0) is 37.0 Å². The van der Waals surface area contributed by atoms with Crippen molar-refractivity contribution in [3.05, 3.63) is 90.5 Å². The number of carboxylic acids is 1. The predicted octanol–water partition coefficient (Wildman–Crippen LogP) is 6.44. The number of nitrogens with zero attached hydrogens (tertiary/aromatic N) is 2. The van der Waals surface area contributed by atoms with Crippen molar-refractivity contribution in [3.8, 4) is 17.1 Å². The van der Waals surface area contributed by atoms with Gasteiger partial charge in [-0.3, -0.25) is 4.79 Å². The van der Waals surface area contributed by atoms with Gasteiger partial charge in [-0.15, -0.1) is 0 Å². The molecule has 5 heteroatoms. The number of unbranched alkanes of at least 4 members (excludes halogenated alkanes) is 2. The summed E-state index contributed by atoms with van der Waals surface area (Å²) in [5.41, 5.74) is 4.19. The zero-order chi connectivity index (χ0) is 22.9. The molecule has 0 saturated heterocycles. The van der Waals surface area contributed by atoms with E-state index < -0.39 is 5.97 Å². The number of ether oxygens (including phenoxy) is 1. The van der Waals surface area contributed by atoms with Crippen LogP contribution in [0.1, 0.15) is 31.2 Å². The third kappa shape index (κ3) is 6.10. The largest absolute Gasteiger partial charge is 0.494 e. The molecule has 0 bridgehead atoms. The van der Waals surface area contributed by atoms with Crippen LogP contribution in [0.3, 0.4) is 0 Å². The summed E-state index contributed by atoms with van der Waals surface area (Å²) in [5, 5.41) is 8.72. The number of rotatable bonds is 11. The Hall–Kier alpha value is -3.86. The van der Waals surface area contributed by atoms with Crippen molar-refractivity contribution in [1.82, 2.24) is 9.55 Å². The number of benzene rings is 3. The van der Waals surface area contributed by atoms with Crippen molar-refractivity contribution < 1.29 is 14.6 Å². The highest BCUT2D eigenvalue weighted by molar-refractivity contribution is 5.82. The van der Waals surface area contributed by atoms with Crippen molar-refractivity contribution in [2.24, 2.45) is 0 Å². The lowest BCUT2D eigenvalue weighted by Crippen LogP contribution is -2.00. The second kappa shape index (κ2) is 11.1. The lowest BCUT2D eigenvalue weighted by Gasteiger charge is -2.08. The zero-order valence-corrected chi connectivity index (χ0v) is 18.6. The number of aliphatic carboxylic acids is 1. The topological polar surface area (TPSA) is 64.3 Å². The van der Waals surface area contributed by atoms with Crippen LogP contribution >= 0.6 is 0 Å². The van der Waals surface area contributed by atoms with Crippen LogP contribution in [0.5, 0.6) is 5.75 Å². The second-order valence-corrected chi connectivity index (χ2v) is 7.93. The van der Waals surface area contributed by atoms with E-state index >= 15 is 0 Å². The van der Waals surface area contributed by atoms with E-state index in [0.29, 0.717) is 19.6 Å². The molecule has 0 aliphatic heterocycles. The summed E-state index contributed by atoms with van der Waals surface area (Å²) in [6, 6.07) is 26.5. The van der Waals surface area contributed by atoms with Gasteiger partial charge in [-0.2, -0.15) is 0 Å². The first-order chi connectivity index (χ1) is 16.2. The van der Waals surface area contributed by atoms with Crippen LogP contribution in [0.4, 0.5) is 0 Å². The first-order valence-electron chi connectivity index (χ1n) is 11.3. The third-order valence-corrected chi connectivity index (χ3v) is 5.45. The van der Waals surface area contributed by atoms with Crippen molar-refractivity contribution in [1.29, 1.82) is 0 Å². The quantitative estimate of drug-likeness (QED) is 0.273. The van der Waals surface area contributed by atoms with Crippen molar-refractivity contribution in [3.63, 3.8) is 0 Å². The minimum Gasteiger partial charge on any atom is -0.494 e. The molecule has 0 fully saturated rings. The van der Waals surface area contributed by atoms with Gasteiger partial charge >= 0.3 is 5.97 Å². The summed E-state index contributed by atoms with van der Waals surface area (Å²) >= 11 is 0. The number of hydrogen-bond acceptors (Lipinski definition) is 3. The molecule has 0 aliphatic rings. The van der Waals surface area contributed by atoms with Gasteiger partial charge in [0.2, 0.25) is 0 Å². The Labute approximate surface area is 194 Å². The first-order valence-corrected chi connectivity index (χ1v) is 11.3. The molecular weight excluding hydrogens is 412 g/mol. The van der Waals surface area contributed by atoms with E-state index in [0.717, 1.165) is 41.0 Å². The van der Waals surface area contributed by atoms with E-state index in [-0.39, 0.29) is 6.42 Å². The smallest absolute Gasteiger partial charge is 0.303 e. The Balaban J connectivity index is 1.52. The van der Waals surface area contributed by atoms with Gasteiger partial charge in [-0.25, -0.2) is 4.98 Å². The molecule has 5 nitrogen and oxygen atoms in total. The van der Waals surface area contributed by atoms with E-state index in [2.05, 4.69) is 47.1 Å². The number of imidazole rings is 1. The average Bonchev–Trinajstić information content (AvgIpc) is 3.20. The number of carboxylic acid groups (broad SMARTS) is 1. The number of hydrogen-bond donors (Lipinski definition) is 1. The van der Waals surface area contributed by atoms with Crippen molar-refractivity contribution in [2.75, 3.05) is 6.61 Å². The Kier molecular flexibility index (Phi) is 7.54. The van der Waals surface area contributed by atoms with Crippen molar-refractivity contribution in [2.45, 2.75) is 32.2 Å². The number of fused-ring (bicyclic) bond motifs is 1. The normalized spacial score (nSPS) is 11.3. The molecule has 0 spiro atoms. The fourth-order valence-corrected chi connectivity index (χ4v) is 3.80. The molecule has 0 amide bonds. The van der Waals surface area contributed by atoms with Gasteiger partial charge in [0.1, 0.15) is 11.6 Å². The zero-order valence-electron chi connectivity index (χ0n) is 18.6. The van der Waals surface area contributed by atoms with E-state index in [1.54, 1.807) is 0 Å². The summed E-state index contributed by atoms with van der Waals surface area (Å²) in [6.45, 7) is 1.27. The molecule has 168 valence electrons. The average molecular weight is 441 g/mol. The summed E-state index contributed by atoms with van der Waals surface area (Å²) in [5.74, 6) is 0.962. The second-order valence-electron chi connectivity index (χ2n) is 7.93. The van der Waals surface area contributed by atoms with Crippen LogP contribution in [-0.4, -0.2) is 27.2 Å². The lowest BCUT2D eigenvalue weighted by molar-refractivity contribution is -0.137. The van der Waals surface area contributed by atoms with Gasteiger partial charge in [0.25, 0.3) is 0 Å². The van der Waals surface area contributed by atoms with Crippen LogP contribution < -0.4 is 4.74 Å². The van der Waals surface area contributed by atoms with E-state index in [1.807, 2.05) is 48.5 Å². The molecule has 1 N–H and O–H groups in total. The fraction of sp³-hybridized carbons (Fsp3) is 0.214. The third-order valence-electron chi connectivity index (χ3n) is 5.45. The lowest BCUT2D eigenvalue weighted by atomic mass is 10.2. The van der Waals surface area contributed by atoms with Gasteiger partial charge in [-0.1, -0.05) is 72.8 Å². The van der Waals surface area contributed by atoms with Crippen LogP contribution in [-0.2, 0) is 11.3 Å². The Bertz CT molecular complexity index is 1210. The maximum atomic E-state index is 10.6. The molecular formula is C28H28N2O3. The van der Waals surface area contributed by atoms with Gasteiger partial charge in [0.05, 0.1) is 17.6 Å². The maximum absolute atomic E-state index is 10.6. The minimum atomic E-state index is -0.746. The molecule has 4 rings (SSSR count). The monoisotopic (exact) mass is 440 g/mol. The highest BCUT2D eigenvalue weighted by atomic mass is 16.5. The highest BCUT2D eigenvalue weighted by Crippen LogP contribution is 2.28. The summed E-state index contributed by atoms with van der Waals surface area (Å²) in [4.78, 5) is 15.5. The number of allylic oxidation sites excluding steroid dienone is 1. The molecule has 4 aromatic rings. The Morgan fingerprint density at radius 1 is 0.939 bits per heavy atom.